The standard InChI is InChI=1S/C19H18F3NO3/c1-13(26-17(24)11-10-14-6-3-2-4-7-14)18(25)23-16-9-5-8-15(12-16)19(20,21)22/h2-9,12-13H,10-11H2,1H3,(H,23,25)/t13-/m1/s1. The van der Waals surface area contributed by atoms with E-state index in [1.54, 1.807) is 0 Å². The van der Waals surface area contributed by atoms with Gasteiger partial charge in [0.05, 0.1) is 5.56 Å². The minimum Gasteiger partial charge on any atom is -0.453 e. The van der Waals surface area contributed by atoms with Gasteiger partial charge in [0.1, 0.15) is 0 Å². The first-order valence-electron chi connectivity index (χ1n) is 7.97. The van der Waals surface area contributed by atoms with Gasteiger partial charge in [-0.1, -0.05) is 36.4 Å². The van der Waals surface area contributed by atoms with Crippen molar-refractivity contribution in [3.05, 3.63) is 65.7 Å². The number of halogens is 3. The number of anilines is 1. The zero-order chi connectivity index (χ0) is 19.2. The molecule has 0 aliphatic carbocycles. The Bertz CT molecular complexity index is 760. The smallest absolute Gasteiger partial charge is 0.416 e. The van der Waals surface area contributed by atoms with Gasteiger partial charge in [0.2, 0.25) is 0 Å². The van der Waals surface area contributed by atoms with E-state index < -0.39 is 29.7 Å². The first-order chi connectivity index (χ1) is 12.3. The van der Waals surface area contributed by atoms with E-state index >= 15 is 0 Å². The number of hydrogen-bond donors (Lipinski definition) is 1. The molecule has 4 nitrogen and oxygen atoms in total. The highest BCUT2D eigenvalue weighted by atomic mass is 19.4. The van der Waals surface area contributed by atoms with Crippen LogP contribution in [0.2, 0.25) is 0 Å². The number of amides is 1. The molecule has 0 radical (unpaired) electrons. The van der Waals surface area contributed by atoms with Gasteiger partial charge in [0.15, 0.2) is 6.10 Å². The highest BCUT2D eigenvalue weighted by Gasteiger charge is 2.30. The third-order valence-electron chi connectivity index (χ3n) is 3.60. The number of nitrogens with one attached hydrogen (secondary N) is 1. The fourth-order valence-electron chi connectivity index (χ4n) is 2.22. The molecular formula is C19H18F3NO3. The van der Waals surface area contributed by atoms with Crippen LogP contribution in [0.1, 0.15) is 24.5 Å². The summed E-state index contributed by atoms with van der Waals surface area (Å²) in [4.78, 5) is 23.8. The monoisotopic (exact) mass is 365 g/mol. The number of esters is 1. The van der Waals surface area contributed by atoms with E-state index in [0.717, 1.165) is 17.7 Å². The first-order valence-corrected chi connectivity index (χ1v) is 7.97. The minimum atomic E-state index is -4.50. The van der Waals surface area contributed by atoms with Crippen LogP contribution in [0.5, 0.6) is 0 Å². The van der Waals surface area contributed by atoms with Crippen LogP contribution >= 0.6 is 0 Å². The summed E-state index contributed by atoms with van der Waals surface area (Å²) >= 11 is 0. The number of carbonyl (C=O) groups excluding carboxylic acids is 2. The molecule has 0 saturated heterocycles. The number of alkyl halides is 3. The number of carbonyl (C=O) groups is 2. The summed E-state index contributed by atoms with van der Waals surface area (Å²) in [5.74, 6) is -1.25. The zero-order valence-corrected chi connectivity index (χ0v) is 14.0. The van der Waals surface area contributed by atoms with E-state index in [9.17, 15) is 22.8 Å². The van der Waals surface area contributed by atoms with Crippen LogP contribution in [0.4, 0.5) is 18.9 Å². The summed E-state index contributed by atoms with van der Waals surface area (Å²) in [7, 11) is 0. The average molecular weight is 365 g/mol. The van der Waals surface area contributed by atoms with Crippen LogP contribution < -0.4 is 5.32 Å². The fraction of sp³-hybridized carbons (Fsp3) is 0.263. The summed E-state index contributed by atoms with van der Waals surface area (Å²) in [5.41, 5.74) is 0.0744. The Balaban J connectivity index is 1.86. The summed E-state index contributed by atoms with van der Waals surface area (Å²) in [5, 5.41) is 2.32. The SMILES string of the molecule is C[C@@H](OC(=O)CCc1ccccc1)C(=O)Nc1cccc(C(F)(F)F)c1. The molecule has 0 unspecified atom stereocenters. The molecule has 26 heavy (non-hydrogen) atoms. The number of hydrogen-bond acceptors (Lipinski definition) is 3. The molecule has 2 aromatic rings. The zero-order valence-electron chi connectivity index (χ0n) is 14.0. The number of rotatable bonds is 6. The second-order valence-electron chi connectivity index (χ2n) is 5.69. The molecule has 138 valence electrons. The quantitative estimate of drug-likeness (QED) is 0.781. The lowest BCUT2D eigenvalue weighted by Gasteiger charge is -2.14. The Morgan fingerprint density at radius 2 is 1.77 bits per heavy atom. The molecule has 0 heterocycles. The van der Waals surface area contributed by atoms with Crippen LogP contribution in [-0.2, 0) is 26.9 Å². The lowest BCUT2D eigenvalue weighted by molar-refractivity contribution is -0.153. The molecular weight excluding hydrogens is 347 g/mol. The summed E-state index contributed by atoms with van der Waals surface area (Å²) in [6.07, 6.45) is -5.05. The first kappa shape index (κ1) is 19.5. The van der Waals surface area contributed by atoms with E-state index in [-0.39, 0.29) is 12.1 Å². The van der Waals surface area contributed by atoms with Gasteiger partial charge in [-0.15, -0.1) is 0 Å². The number of aryl methyl sites for hydroxylation is 1. The van der Waals surface area contributed by atoms with Crippen molar-refractivity contribution >= 4 is 17.6 Å². The molecule has 0 bridgehead atoms. The van der Waals surface area contributed by atoms with Crippen molar-refractivity contribution in [1.29, 1.82) is 0 Å². The molecule has 0 fully saturated rings. The van der Waals surface area contributed by atoms with Crippen LogP contribution in [0, 0.1) is 0 Å². The lowest BCUT2D eigenvalue weighted by Crippen LogP contribution is -2.30. The Morgan fingerprint density at radius 3 is 2.42 bits per heavy atom. The van der Waals surface area contributed by atoms with E-state index in [0.29, 0.717) is 6.42 Å². The Morgan fingerprint density at radius 1 is 1.08 bits per heavy atom. The van der Waals surface area contributed by atoms with Crippen molar-refractivity contribution in [3.8, 4) is 0 Å². The molecule has 1 N–H and O–H groups in total. The Labute approximate surface area is 149 Å². The molecule has 0 aromatic heterocycles. The van der Waals surface area contributed by atoms with Crippen molar-refractivity contribution < 1.29 is 27.5 Å². The topological polar surface area (TPSA) is 55.4 Å². The van der Waals surface area contributed by atoms with Crippen LogP contribution in [0.25, 0.3) is 0 Å². The van der Waals surface area contributed by atoms with Gasteiger partial charge in [-0.05, 0) is 37.1 Å². The third kappa shape index (κ3) is 5.91. The van der Waals surface area contributed by atoms with Gasteiger partial charge in [-0.3, -0.25) is 9.59 Å². The van der Waals surface area contributed by atoms with Gasteiger partial charge >= 0.3 is 12.1 Å². The second-order valence-corrected chi connectivity index (χ2v) is 5.69. The van der Waals surface area contributed by atoms with Gasteiger partial charge in [0.25, 0.3) is 5.91 Å². The fourth-order valence-corrected chi connectivity index (χ4v) is 2.22. The van der Waals surface area contributed by atoms with Crippen molar-refractivity contribution in [2.75, 3.05) is 5.32 Å². The Hall–Kier alpha value is -2.83. The maximum Gasteiger partial charge on any atom is 0.416 e. The largest absolute Gasteiger partial charge is 0.453 e. The summed E-state index contributed by atoms with van der Waals surface area (Å²) in [6.45, 7) is 1.36. The molecule has 0 saturated carbocycles. The predicted molar refractivity (Wildman–Crippen MR) is 90.4 cm³/mol. The molecule has 1 atom stereocenters. The second kappa shape index (κ2) is 8.51. The highest BCUT2D eigenvalue weighted by molar-refractivity contribution is 5.95. The highest BCUT2D eigenvalue weighted by Crippen LogP contribution is 2.30. The lowest BCUT2D eigenvalue weighted by atomic mass is 10.1. The van der Waals surface area contributed by atoms with Crippen molar-refractivity contribution in [3.63, 3.8) is 0 Å². The van der Waals surface area contributed by atoms with Crippen LogP contribution in [-0.4, -0.2) is 18.0 Å². The van der Waals surface area contributed by atoms with Crippen molar-refractivity contribution in [1.82, 2.24) is 0 Å². The van der Waals surface area contributed by atoms with Gasteiger partial charge < -0.3 is 10.1 Å². The predicted octanol–water partition coefficient (Wildman–Crippen LogP) is 4.21. The molecule has 2 aromatic carbocycles. The van der Waals surface area contributed by atoms with E-state index in [1.165, 1.54) is 19.1 Å². The average Bonchev–Trinajstić information content (AvgIpc) is 2.60. The molecule has 0 spiro atoms. The maximum atomic E-state index is 12.7. The summed E-state index contributed by atoms with van der Waals surface area (Å²) in [6, 6.07) is 13.6. The van der Waals surface area contributed by atoms with Crippen molar-refractivity contribution in [2.24, 2.45) is 0 Å². The van der Waals surface area contributed by atoms with Crippen LogP contribution in [0.15, 0.2) is 54.6 Å². The minimum absolute atomic E-state index is 0.0167. The van der Waals surface area contributed by atoms with E-state index in [4.69, 9.17) is 4.74 Å². The number of benzene rings is 2. The number of ether oxygens (including phenoxy) is 1. The van der Waals surface area contributed by atoms with Crippen LogP contribution in [0.3, 0.4) is 0 Å². The van der Waals surface area contributed by atoms with E-state index in [2.05, 4.69) is 5.32 Å². The Kier molecular flexibility index (Phi) is 6.38. The summed E-state index contributed by atoms with van der Waals surface area (Å²) < 4.78 is 43.1. The van der Waals surface area contributed by atoms with Gasteiger partial charge in [-0.25, -0.2) is 0 Å². The third-order valence-corrected chi connectivity index (χ3v) is 3.60. The molecule has 0 aliphatic heterocycles. The molecule has 1 amide bonds. The molecule has 7 heteroatoms. The van der Waals surface area contributed by atoms with Gasteiger partial charge in [0, 0.05) is 12.1 Å². The molecule has 0 aliphatic rings. The van der Waals surface area contributed by atoms with Crippen molar-refractivity contribution in [2.45, 2.75) is 32.0 Å². The van der Waals surface area contributed by atoms with E-state index in [1.807, 2.05) is 30.3 Å². The van der Waals surface area contributed by atoms with Gasteiger partial charge in [-0.2, -0.15) is 13.2 Å². The normalized spacial score (nSPS) is 12.3. The molecule has 2 rings (SSSR count). The maximum absolute atomic E-state index is 12.7.